The van der Waals surface area contributed by atoms with Crippen LogP contribution in [0.1, 0.15) is 5.56 Å². The van der Waals surface area contributed by atoms with Gasteiger partial charge in [0.2, 0.25) is 0 Å². The molecule has 0 aliphatic rings. The van der Waals surface area contributed by atoms with Gasteiger partial charge in [-0.25, -0.2) is 0 Å². The summed E-state index contributed by atoms with van der Waals surface area (Å²) in [6, 6.07) is 9.13. The summed E-state index contributed by atoms with van der Waals surface area (Å²) >= 11 is 5.84. The first-order valence-corrected chi connectivity index (χ1v) is 6.24. The van der Waals surface area contributed by atoms with Gasteiger partial charge in [0.1, 0.15) is 0 Å². The Hall–Kier alpha value is -2.60. The van der Waals surface area contributed by atoms with Gasteiger partial charge >= 0.3 is 0 Å². The number of aliphatic imine (C=N–C) groups is 1. The molecule has 0 amide bonds. The number of benzene rings is 2. The number of halogens is 1. The average molecular weight is 307 g/mol. The van der Waals surface area contributed by atoms with Crippen molar-refractivity contribution in [2.45, 2.75) is 0 Å². The molecule has 0 radical (unpaired) electrons. The Morgan fingerprint density at radius 1 is 1.38 bits per heavy atom. The summed E-state index contributed by atoms with van der Waals surface area (Å²) in [5, 5.41) is 21.3. The highest BCUT2D eigenvalue weighted by Crippen LogP contribution is 2.33. The van der Waals surface area contributed by atoms with E-state index >= 15 is 0 Å². The molecule has 7 heteroatoms. The molecule has 0 saturated carbocycles. The summed E-state index contributed by atoms with van der Waals surface area (Å²) < 4.78 is 4.91. The number of phenolic OH excluding ortho intramolecular Hbond substituents is 1. The van der Waals surface area contributed by atoms with Crippen molar-refractivity contribution in [2.75, 3.05) is 7.11 Å². The Kier molecular flexibility index (Phi) is 4.39. The molecule has 0 fully saturated rings. The molecule has 2 rings (SSSR count). The maximum atomic E-state index is 10.9. The van der Waals surface area contributed by atoms with Gasteiger partial charge in [-0.15, -0.1) is 0 Å². The lowest BCUT2D eigenvalue weighted by molar-refractivity contribution is -0.385. The van der Waals surface area contributed by atoms with E-state index < -0.39 is 4.92 Å². The molecule has 0 spiro atoms. The predicted molar refractivity (Wildman–Crippen MR) is 80.0 cm³/mol. The van der Waals surface area contributed by atoms with Crippen molar-refractivity contribution >= 4 is 29.2 Å². The van der Waals surface area contributed by atoms with E-state index in [-0.39, 0.29) is 22.7 Å². The van der Waals surface area contributed by atoms with Gasteiger partial charge in [0.25, 0.3) is 5.69 Å². The van der Waals surface area contributed by atoms with Crippen molar-refractivity contribution in [1.29, 1.82) is 0 Å². The first kappa shape index (κ1) is 14.8. The van der Waals surface area contributed by atoms with Gasteiger partial charge < -0.3 is 9.84 Å². The van der Waals surface area contributed by atoms with E-state index in [4.69, 9.17) is 16.3 Å². The van der Waals surface area contributed by atoms with Gasteiger partial charge in [0.15, 0.2) is 11.5 Å². The van der Waals surface area contributed by atoms with Crippen molar-refractivity contribution in [2.24, 2.45) is 4.99 Å². The fourth-order valence-corrected chi connectivity index (χ4v) is 1.86. The summed E-state index contributed by atoms with van der Waals surface area (Å²) in [6.07, 6.45) is 1.32. The van der Waals surface area contributed by atoms with Crippen LogP contribution in [0.15, 0.2) is 41.4 Å². The van der Waals surface area contributed by atoms with E-state index in [1.54, 1.807) is 24.3 Å². The largest absolute Gasteiger partial charge is 0.504 e. The molecule has 0 atom stereocenters. The predicted octanol–water partition coefficient (Wildman–Crippen LogP) is 3.71. The second kappa shape index (κ2) is 6.23. The van der Waals surface area contributed by atoms with E-state index in [1.165, 1.54) is 19.4 Å². The topological polar surface area (TPSA) is 85.0 Å². The van der Waals surface area contributed by atoms with Crippen LogP contribution in [-0.2, 0) is 0 Å². The number of nitrogens with zero attached hydrogens (tertiary/aromatic N) is 2. The number of ether oxygens (including phenoxy) is 1. The minimum atomic E-state index is -0.571. The average Bonchev–Trinajstić information content (AvgIpc) is 2.46. The number of nitro benzene ring substituents is 1. The highest BCUT2D eigenvalue weighted by molar-refractivity contribution is 6.30. The first-order valence-electron chi connectivity index (χ1n) is 5.86. The quantitative estimate of drug-likeness (QED) is 0.530. The van der Waals surface area contributed by atoms with E-state index in [0.717, 1.165) is 6.07 Å². The minimum absolute atomic E-state index is 0.0109. The van der Waals surface area contributed by atoms with Crippen molar-refractivity contribution < 1.29 is 14.8 Å². The molecule has 2 aromatic rings. The maximum Gasteiger partial charge on any atom is 0.274 e. The van der Waals surface area contributed by atoms with Crippen LogP contribution in [0.5, 0.6) is 11.5 Å². The third-order valence-electron chi connectivity index (χ3n) is 2.68. The lowest BCUT2D eigenvalue weighted by atomic mass is 10.1. The number of rotatable bonds is 4. The summed E-state index contributed by atoms with van der Waals surface area (Å²) in [7, 11) is 1.32. The Morgan fingerprint density at radius 3 is 2.76 bits per heavy atom. The van der Waals surface area contributed by atoms with Crippen molar-refractivity contribution in [3.63, 3.8) is 0 Å². The fraction of sp³-hybridized carbons (Fsp3) is 0.0714. The van der Waals surface area contributed by atoms with E-state index in [0.29, 0.717) is 10.7 Å². The van der Waals surface area contributed by atoms with Crippen LogP contribution in [0.25, 0.3) is 0 Å². The third kappa shape index (κ3) is 3.49. The molecule has 0 heterocycles. The van der Waals surface area contributed by atoms with E-state index in [2.05, 4.69) is 4.99 Å². The number of aromatic hydroxyl groups is 1. The van der Waals surface area contributed by atoms with Crippen molar-refractivity contribution in [3.8, 4) is 11.5 Å². The molecule has 0 saturated heterocycles. The van der Waals surface area contributed by atoms with Crippen LogP contribution in [0.3, 0.4) is 0 Å². The highest BCUT2D eigenvalue weighted by Gasteiger charge is 2.15. The van der Waals surface area contributed by atoms with Gasteiger partial charge in [-0.2, -0.15) is 0 Å². The van der Waals surface area contributed by atoms with Crippen molar-refractivity contribution in [1.82, 2.24) is 0 Å². The number of hydrogen-bond acceptors (Lipinski definition) is 5. The van der Waals surface area contributed by atoms with Gasteiger partial charge in [-0.3, -0.25) is 15.1 Å². The Morgan fingerprint density at radius 2 is 2.14 bits per heavy atom. The Balaban J connectivity index is 2.43. The molecule has 21 heavy (non-hydrogen) atoms. The minimum Gasteiger partial charge on any atom is -0.504 e. The molecule has 6 nitrogen and oxygen atoms in total. The van der Waals surface area contributed by atoms with Crippen LogP contribution in [-0.4, -0.2) is 23.4 Å². The normalized spacial score (nSPS) is 10.8. The molecule has 0 aliphatic carbocycles. The molecule has 0 aliphatic heterocycles. The summed E-state index contributed by atoms with van der Waals surface area (Å²) in [5.74, 6) is -0.203. The second-order valence-electron chi connectivity index (χ2n) is 4.08. The standard InChI is InChI=1S/C14H11ClN2O4/c1-21-13-7-12(17(19)20)5-9(14(13)18)8-16-11-4-2-3-10(15)6-11/h2-8,18H,1H3. The summed E-state index contributed by atoms with van der Waals surface area (Å²) in [6.45, 7) is 0. The first-order chi connectivity index (χ1) is 10.0. The number of nitro groups is 1. The van der Waals surface area contributed by atoms with Crippen LogP contribution in [0.4, 0.5) is 11.4 Å². The third-order valence-corrected chi connectivity index (χ3v) is 2.92. The van der Waals surface area contributed by atoms with Crippen molar-refractivity contribution in [3.05, 3.63) is 57.1 Å². The van der Waals surface area contributed by atoms with Gasteiger partial charge in [-0.1, -0.05) is 17.7 Å². The molecule has 108 valence electrons. The maximum absolute atomic E-state index is 10.9. The lowest BCUT2D eigenvalue weighted by Crippen LogP contribution is -1.94. The smallest absolute Gasteiger partial charge is 0.274 e. The zero-order valence-corrected chi connectivity index (χ0v) is 11.7. The van der Waals surface area contributed by atoms with Crippen LogP contribution in [0, 0.1) is 10.1 Å². The molecule has 0 bridgehead atoms. The number of methoxy groups -OCH3 is 1. The van der Waals surface area contributed by atoms with Gasteiger partial charge in [-0.05, 0) is 18.2 Å². The fourth-order valence-electron chi connectivity index (χ4n) is 1.67. The Bertz CT molecular complexity index is 716. The summed E-state index contributed by atoms with van der Waals surface area (Å²) in [5.41, 5.74) is 0.547. The molecule has 1 N–H and O–H groups in total. The number of phenols is 1. The monoisotopic (exact) mass is 306 g/mol. The van der Waals surface area contributed by atoms with Gasteiger partial charge in [0.05, 0.1) is 23.8 Å². The van der Waals surface area contributed by atoms with E-state index in [1.807, 2.05) is 0 Å². The van der Waals surface area contributed by atoms with Gasteiger partial charge in [0, 0.05) is 22.9 Å². The zero-order chi connectivity index (χ0) is 15.4. The number of non-ortho nitro benzene ring substituents is 1. The van der Waals surface area contributed by atoms with Crippen LogP contribution >= 0.6 is 11.6 Å². The molecular formula is C14H11ClN2O4. The SMILES string of the molecule is COc1cc([N+](=O)[O-])cc(C=Nc2cccc(Cl)c2)c1O. The second-order valence-corrected chi connectivity index (χ2v) is 4.52. The van der Waals surface area contributed by atoms with Crippen LogP contribution < -0.4 is 4.74 Å². The van der Waals surface area contributed by atoms with E-state index in [9.17, 15) is 15.2 Å². The zero-order valence-electron chi connectivity index (χ0n) is 11.0. The Labute approximate surface area is 125 Å². The number of hydrogen-bond donors (Lipinski definition) is 1. The molecular weight excluding hydrogens is 296 g/mol. The summed E-state index contributed by atoms with van der Waals surface area (Å²) in [4.78, 5) is 14.4. The molecule has 0 aromatic heterocycles. The van der Waals surface area contributed by atoms with Crippen LogP contribution in [0.2, 0.25) is 5.02 Å². The lowest BCUT2D eigenvalue weighted by Gasteiger charge is -2.05. The molecule has 0 unspecified atom stereocenters. The molecule has 2 aromatic carbocycles. The highest BCUT2D eigenvalue weighted by atomic mass is 35.5.